The molecule has 19 rings (SSSR count). The molecule has 0 saturated heterocycles. The quantitative estimate of drug-likeness (QED) is 0.117. The highest BCUT2D eigenvalue weighted by atomic mass is 15.0. The number of fused-ring (bicyclic) bond motifs is 16. The predicted octanol–water partition coefficient (Wildman–Crippen LogP) is 10.9. The van der Waals surface area contributed by atoms with Gasteiger partial charge in [-0.15, -0.1) is 0 Å². The second-order valence-electron chi connectivity index (χ2n) is 17.9. The summed E-state index contributed by atoms with van der Waals surface area (Å²) < 4.78 is 9.64. The van der Waals surface area contributed by atoms with E-state index >= 15 is 0 Å². The third kappa shape index (κ3) is 2.86. The summed E-state index contributed by atoms with van der Waals surface area (Å²) in [5.41, 5.74) is 21.4. The van der Waals surface area contributed by atoms with Crippen LogP contribution in [0.4, 0.5) is 0 Å². The van der Waals surface area contributed by atoms with Gasteiger partial charge in [0.15, 0.2) is 0 Å². The van der Waals surface area contributed by atoms with Crippen LogP contribution in [-0.2, 0) is 0 Å². The molecule has 0 radical (unpaired) electrons. The van der Waals surface area contributed by atoms with Crippen LogP contribution in [-0.4, -0.2) is 17.6 Å². The molecule has 8 unspecified atom stereocenters. The van der Waals surface area contributed by atoms with E-state index < -0.39 is 0 Å². The SMILES string of the molecule is N#Cc1c2c(c(C#N)c3c1n1cc4c(c1c1c5c(cn13)C1C=CC5CC1)C1C=CC4CC1)n1cc3c(c1c1c4c(cn12)C1C=CC4CC1)C1C=CC3CC1. The molecule has 7 aromatic rings. The van der Waals surface area contributed by atoms with Crippen LogP contribution in [0.1, 0.15) is 154 Å². The number of hydrogen-bond acceptors (Lipinski definition) is 2. The summed E-state index contributed by atoms with van der Waals surface area (Å²) in [7, 11) is 0. The number of benzene rings is 1. The molecule has 8 bridgehead atoms. The minimum Gasteiger partial charge on any atom is -0.311 e. The van der Waals surface area contributed by atoms with Gasteiger partial charge in [-0.1, -0.05) is 48.6 Å². The number of hydrogen-bond donors (Lipinski definition) is 0. The van der Waals surface area contributed by atoms with Gasteiger partial charge in [-0.3, -0.25) is 0 Å². The van der Waals surface area contributed by atoms with Crippen LogP contribution < -0.4 is 0 Å². The minimum absolute atomic E-state index is 0.375. The molecule has 12 aliphatic rings. The molecular formula is C48H36N6. The molecule has 0 saturated carbocycles. The van der Waals surface area contributed by atoms with Crippen molar-refractivity contribution in [1.29, 1.82) is 10.5 Å². The van der Waals surface area contributed by atoms with Gasteiger partial charge in [-0.2, -0.15) is 10.5 Å². The van der Waals surface area contributed by atoms with E-state index in [9.17, 15) is 10.5 Å². The number of nitrogens with zero attached hydrogens (tertiary/aromatic N) is 6. The Morgan fingerprint density at radius 3 is 0.759 bits per heavy atom. The zero-order valence-corrected chi connectivity index (χ0v) is 29.9. The maximum Gasteiger partial charge on any atom is 0.104 e. The van der Waals surface area contributed by atoms with Crippen LogP contribution >= 0.6 is 0 Å². The van der Waals surface area contributed by atoms with Crippen molar-refractivity contribution in [3.63, 3.8) is 0 Å². The summed E-state index contributed by atoms with van der Waals surface area (Å²) in [4.78, 5) is 0. The summed E-state index contributed by atoms with van der Waals surface area (Å²) in [5.74, 6) is 3.07. The molecule has 54 heavy (non-hydrogen) atoms. The van der Waals surface area contributed by atoms with Crippen molar-refractivity contribution >= 4 is 44.1 Å². The minimum atomic E-state index is 0.375. The van der Waals surface area contributed by atoms with Crippen LogP contribution in [0, 0.1) is 22.7 Å². The Balaban J connectivity index is 1.24. The van der Waals surface area contributed by atoms with Gasteiger partial charge in [-0.25, -0.2) is 0 Å². The molecule has 0 fully saturated rings. The zero-order valence-electron chi connectivity index (χ0n) is 29.9. The van der Waals surface area contributed by atoms with Crippen LogP contribution in [0.3, 0.4) is 0 Å². The zero-order chi connectivity index (χ0) is 34.9. The van der Waals surface area contributed by atoms with Crippen LogP contribution in [0.5, 0.6) is 0 Å². The Kier molecular flexibility index (Phi) is 4.62. The van der Waals surface area contributed by atoms with Gasteiger partial charge < -0.3 is 17.6 Å². The second-order valence-corrected chi connectivity index (χ2v) is 17.9. The first-order valence-electron chi connectivity index (χ1n) is 20.5. The van der Waals surface area contributed by atoms with Gasteiger partial charge in [0.2, 0.25) is 0 Å². The van der Waals surface area contributed by atoms with Gasteiger partial charge in [0.05, 0.1) is 44.1 Å². The Bertz CT molecular complexity index is 2840. The lowest BCUT2D eigenvalue weighted by molar-refractivity contribution is 0.557. The maximum absolute atomic E-state index is 11.7. The lowest BCUT2D eigenvalue weighted by atomic mass is 9.71. The van der Waals surface area contributed by atoms with Crippen LogP contribution in [0.15, 0.2) is 73.4 Å². The lowest BCUT2D eigenvalue weighted by Crippen LogP contribution is -2.16. The van der Waals surface area contributed by atoms with Crippen molar-refractivity contribution in [3.8, 4) is 12.1 Å². The van der Waals surface area contributed by atoms with E-state index in [0.29, 0.717) is 58.5 Å². The molecule has 6 heteroatoms. The highest BCUT2D eigenvalue weighted by Gasteiger charge is 2.41. The van der Waals surface area contributed by atoms with Gasteiger partial charge in [-0.05, 0) is 95.9 Å². The molecule has 6 heterocycles. The summed E-state index contributed by atoms with van der Waals surface area (Å²) in [6.45, 7) is 0. The standard InChI is InChI=1S/C48H36N6/c49-17-31-41-42(52-20-34-24-3-11-28(12-4-24)38(34)46(52)45-37-27-9-1-23(2-10-27)33(37)19-51(41)45)32(18-50)44-43(31)53-21-35-25-5-13-29(14-6-25)39(35)47(53)48-40-30-15-7-26(8-16-30)36(40)22-54(44)48/h1,3,5,7,9,11,13,15,19-30H,2,4,6,8,10,12,14,16H2. The van der Waals surface area contributed by atoms with Gasteiger partial charge in [0.25, 0.3) is 0 Å². The molecule has 0 amide bonds. The monoisotopic (exact) mass is 696 g/mol. The summed E-state index contributed by atoms with van der Waals surface area (Å²) in [6, 6.07) is 5.73. The summed E-state index contributed by atoms with van der Waals surface area (Å²) in [6.07, 6.45) is 38.4. The first-order valence-corrected chi connectivity index (χ1v) is 20.5. The fourth-order valence-electron chi connectivity index (χ4n) is 13.7. The van der Waals surface area contributed by atoms with Crippen molar-refractivity contribution in [3.05, 3.63) is 129 Å². The second kappa shape index (κ2) is 8.97. The lowest BCUT2D eigenvalue weighted by Gasteiger charge is -2.32. The summed E-state index contributed by atoms with van der Waals surface area (Å²) in [5, 5.41) is 23.4. The number of allylic oxidation sites excluding steroid dienone is 8. The van der Waals surface area contributed by atoms with Crippen molar-refractivity contribution in [2.75, 3.05) is 0 Å². The normalized spacial score (nSPS) is 30.0. The van der Waals surface area contributed by atoms with Gasteiger partial charge in [0, 0.05) is 72.1 Å². The fourth-order valence-corrected chi connectivity index (χ4v) is 13.7. The molecule has 1 aromatic carbocycles. The van der Waals surface area contributed by atoms with E-state index in [-0.39, 0.29) is 0 Å². The first-order chi connectivity index (χ1) is 26.7. The van der Waals surface area contributed by atoms with E-state index in [0.717, 1.165) is 47.8 Å². The molecule has 6 aromatic heterocycles. The first kappa shape index (κ1) is 27.8. The molecular weight excluding hydrogens is 661 g/mol. The van der Waals surface area contributed by atoms with E-state index in [1.807, 2.05) is 0 Å². The van der Waals surface area contributed by atoms with Crippen molar-refractivity contribution in [2.24, 2.45) is 0 Å². The number of aromatic nitrogens is 4. The maximum atomic E-state index is 11.7. The van der Waals surface area contributed by atoms with E-state index in [2.05, 4.69) is 103 Å². The Labute approximate surface area is 311 Å². The third-order valence-electron chi connectivity index (χ3n) is 15.9. The molecule has 258 valence electrons. The van der Waals surface area contributed by atoms with Gasteiger partial charge >= 0.3 is 0 Å². The molecule has 0 spiro atoms. The third-order valence-corrected chi connectivity index (χ3v) is 15.9. The van der Waals surface area contributed by atoms with Crippen molar-refractivity contribution in [1.82, 2.24) is 17.6 Å². The molecule has 0 aliphatic heterocycles. The Morgan fingerprint density at radius 1 is 0.333 bits per heavy atom. The molecule has 6 nitrogen and oxygen atoms in total. The van der Waals surface area contributed by atoms with E-state index in [1.54, 1.807) is 0 Å². The van der Waals surface area contributed by atoms with Crippen molar-refractivity contribution < 1.29 is 0 Å². The number of nitriles is 2. The van der Waals surface area contributed by atoms with E-state index in [1.165, 1.54) is 92.3 Å². The largest absolute Gasteiger partial charge is 0.311 e. The molecule has 0 N–H and O–H groups in total. The smallest absolute Gasteiger partial charge is 0.104 e. The van der Waals surface area contributed by atoms with E-state index in [4.69, 9.17) is 0 Å². The molecule has 8 atom stereocenters. The van der Waals surface area contributed by atoms with Crippen molar-refractivity contribution in [2.45, 2.75) is 98.7 Å². The fraction of sp³-hybridized carbons (Fsp3) is 0.333. The average Bonchev–Trinajstić information content (AvgIpc) is 4.04. The highest BCUT2D eigenvalue weighted by molar-refractivity contribution is 6.11. The molecule has 12 aliphatic carbocycles. The topological polar surface area (TPSA) is 65.2 Å². The number of rotatable bonds is 0. The average molecular weight is 697 g/mol. The Hall–Kier alpha value is -5.72. The Morgan fingerprint density at radius 2 is 0.556 bits per heavy atom. The highest BCUT2D eigenvalue weighted by Crippen LogP contribution is 2.56. The van der Waals surface area contributed by atoms with Crippen LogP contribution in [0.25, 0.3) is 44.1 Å². The van der Waals surface area contributed by atoms with Crippen LogP contribution in [0.2, 0.25) is 0 Å². The predicted molar refractivity (Wildman–Crippen MR) is 210 cm³/mol. The van der Waals surface area contributed by atoms with Gasteiger partial charge in [0.1, 0.15) is 23.3 Å². The summed E-state index contributed by atoms with van der Waals surface area (Å²) >= 11 is 0.